The molecule has 0 radical (unpaired) electrons. The number of carbonyl (C=O) groups excluding carboxylic acids is 1. The van der Waals surface area contributed by atoms with E-state index in [1.54, 1.807) is 11.8 Å². The van der Waals surface area contributed by atoms with Gasteiger partial charge in [-0.05, 0) is 24.8 Å². The number of fused-ring (bicyclic) bond motifs is 1. The fourth-order valence-electron chi connectivity index (χ4n) is 4.18. The number of nitrogens with zero attached hydrogens (tertiary/aromatic N) is 5. The average molecular weight is 453 g/mol. The van der Waals surface area contributed by atoms with Crippen molar-refractivity contribution in [2.45, 2.75) is 62.9 Å². The molecule has 4 rings (SSSR count). The van der Waals surface area contributed by atoms with Gasteiger partial charge in [0.15, 0.2) is 10.8 Å². The highest BCUT2D eigenvalue weighted by Gasteiger charge is 2.22. The van der Waals surface area contributed by atoms with Crippen LogP contribution in [-0.2, 0) is 11.3 Å². The Hall–Kier alpha value is -2.61. The number of amides is 1. The molecule has 3 aromatic rings. The minimum absolute atomic E-state index is 0.0543. The molecule has 0 aliphatic carbocycles. The molecular weight excluding hydrogens is 420 g/mol. The Bertz CT molecular complexity index is 1050. The van der Waals surface area contributed by atoms with Crippen LogP contribution in [0.3, 0.4) is 0 Å². The normalized spacial score (nSPS) is 14.9. The number of thioether (sulfide) groups is 1. The summed E-state index contributed by atoms with van der Waals surface area (Å²) in [5, 5.41) is 9.86. The maximum Gasteiger partial charge on any atom is 0.227 e. The molecule has 0 spiro atoms. The highest BCUT2D eigenvalue weighted by molar-refractivity contribution is 7.99. The van der Waals surface area contributed by atoms with Gasteiger partial charge in [-0.25, -0.2) is 14.6 Å². The van der Waals surface area contributed by atoms with Crippen LogP contribution in [-0.4, -0.2) is 50.5 Å². The number of carbonyl (C=O) groups is 1. The van der Waals surface area contributed by atoms with Gasteiger partial charge in [0.25, 0.3) is 0 Å². The van der Waals surface area contributed by atoms with Crippen molar-refractivity contribution in [3.63, 3.8) is 0 Å². The lowest BCUT2D eigenvalue weighted by Crippen LogP contribution is -2.32. The molecule has 1 aliphatic rings. The second-order valence-electron chi connectivity index (χ2n) is 8.46. The molecule has 32 heavy (non-hydrogen) atoms. The standard InChI is InChI=1S/C24H32N6OS/c1-4-19(18-10-6-5-7-11-18)23(31)25-12-15-30-22-20(16-26-30)21(29-13-8-9-14-29)27-24(28-22)32-17(2)3/h5-7,10-11,16-17,19H,4,8-9,12-15H2,1-3H3,(H,25,31). The number of rotatable bonds is 9. The van der Waals surface area contributed by atoms with Gasteiger partial charge in [0.05, 0.1) is 24.0 Å². The van der Waals surface area contributed by atoms with Crippen molar-refractivity contribution >= 4 is 34.5 Å². The van der Waals surface area contributed by atoms with Gasteiger partial charge in [0, 0.05) is 24.9 Å². The molecule has 1 unspecified atom stereocenters. The van der Waals surface area contributed by atoms with Gasteiger partial charge in [-0.2, -0.15) is 5.10 Å². The molecular formula is C24H32N6OS. The first-order chi connectivity index (χ1) is 15.6. The molecule has 0 saturated carbocycles. The minimum Gasteiger partial charge on any atom is -0.356 e. The first-order valence-corrected chi connectivity index (χ1v) is 12.4. The summed E-state index contributed by atoms with van der Waals surface area (Å²) in [6.45, 7) is 9.48. The molecule has 1 amide bonds. The van der Waals surface area contributed by atoms with Gasteiger partial charge >= 0.3 is 0 Å². The number of hydrogen-bond donors (Lipinski definition) is 1. The molecule has 3 heterocycles. The van der Waals surface area contributed by atoms with Gasteiger partial charge in [-0.3, -0.25) is 4.79 Å². The third kappa shape index (κ3) is 5.06. The summed E-state index contributed by atoms with van der Waals surface area (Å²) in [5.41, 5.74) is 1.89. The van der Waals surface area contributed by atoms with E-state index >= 15 is 0 Å². The number of anilines is 1. The van der Waals surface area contributed by atoms with Crippen molar-refractivity contribution in [2.24, 2.45) is 0 Å². The molecule has 1 aliphatic heterocycles. The maximum atomic E-state index is 12.8. The lowest BCUT2D eigenvalue weighted by atomic mass is 9.96. The molecule has 1 atom stereocenters. The molecule has 0 bridgehead atoms. The van der Waals surface area contributed by atoms with Crippen LogP contribution in [0.25, 0.3) is 11.0 Å². The molecule has 8 heteroatoms. The molecule has 170 valence electrons. The number of benzene rings is 1. The summed E-state index contributed by atoms with van der Waals surface area (Å²) in [6.07, 6.45) is 5.02. The molecule has 7 nitrogen and oxygen atoms in total. The minimum atomic E-state index is -0.135. The van der Waals surface area contributed by atoms with Gasteiger partial charge < -0.3 is 10.2 Å². The van der Waals surface area contributed by atoms with Crippen molar-refractivity contribution in [3.8, 4) is 0 Å². The monoisotopic (exact) mass is 452 g/mol. The second kappa shape index (κ2) is 10.3. The third-order valence-electron chi connectivity index (χ3n) is 5.75. The van der Waals surface area contributed by atoms with Crippen molar-refractivity contribution in [3.05, 3.63) is 42.1 Å². The van der Waals surface area contributed by atoms with Gasteiger partial charge in [-0.15, -0.1) is 0 Å². The van der Waals surface area contributed by atoms with E-state index in [0.717, 1.165) is 47.1 Å². The SMILES string of the molecule is CCC(C(=O)NCCn1ncc2c(N3CCCC3)nc(SC(C)C)nc21)c1ccccc1. The van der Waals surface area contributed by atoms with Crippen LogP contribution < -0.4 is 10.2 Å². The first kappa shape index (κ1) is 22.6. The van der Waals surface area contributed by atoms with Crippen LogP contribution >= 0.6 is 11.8 Å². The van der Waals surface area contributed by atoms with E-state index in [1.807, 2.05) is 48.1 Å². The summed E-state index contributed by atoms with van der Waals surface area (Å²) >= 11 is 1.67. The zero-order valence-electron chi connectivity index (χ0n) is 19.1. The summed E-state index contributed by atoms with van der Waals surface area (Å²) in [7, 11) is 0. The largest absolute Gasteiger partial charge is 0.356 e. The van der Waals surface area contributed by atoms with Gasteiger partial charge in [0.1, 0.15) is 5.82 Å². The smallest absolute Gasteiger partial charge is 0.227 e. The van der Waals surface area contributed by atoms with E-state index in [4.69, 9.17) is 9.97 Å². The lowest BCUT2D eigenvalue weighted by molar-refractivity contribution is -0.122. The quantitative estimate of drug-likeness (QED) is 0.387. The Morgan fingerprint density at radius 1 is 1.16 bits per heavy atom. The van der Waals surface area contributed by atoms with E-state index in [-0.39, 0.29) is 11.8 Å². The Morgan fingerprint density at radius 3 is 2.59 bits per heavy atom. The first-order valence-electron chi connectivity index (χ1n) is 11.5. The van der Waals surface area contributed by atoms with Crippen molar-refractivity contribution in [1.82, 2.24) is 25.1 Å². The Balaban J connectivity index is 1.50. The van der Waals surface area contributed by atoms with E-state index < -0.39 is 0 Å². The highest BCUT2D eigenvalue weighted by Crippen LogP contribution is 2.30. The Kier molecular flexibility index (Phi) is 7.29. The van der Waals surface area contributed by atoms with Crippen LogP contribution in [0.2, 0.25) is 0 Å². The zero-order chi connectivity index (χ0) is 22.5. The van der Waals surface area contributed by atoms with Gasteiger partial charge in [0.2, 0.25) is 5.91 Å². The summed E-state index contributed by atoms with van der Waals surface area (Å²) < 4.78 is 1.89. The molecule has 1 saturated heterocycles. The topological polar surface area (TPSA) is 75.9 Å². The van der Waals surface area contributed by atoms with E-state index in [9.17, 15) is 4.79 Å². The zero-order valence-corrected chi connectivity index (χ0v) is 19.9. The van der Waals surface area contributed by atoms with E-state index in [1.165, 1.54) is 12.8 Å². The Morgan fingerprint density at radius 2 is 1.91 bits per heavy atom. The van der Waals surface area contributed by atoms with Crippen molar-refractivity contribution in [2.75, 3.05) is 24.5 Å². The van der Waals surface area contributed by atoms with Crippen LogP contribution in [0.5, 0.6) is 0 Å². The maximum absolute atomic E-state index is 12.8. The predicted octanol–water partition coefficient (Wildman–Crippen LogP) is 4.24. The van der Waals surface area contributed by atoms with Crippen LogP contribution in [0, 0.1) is 0 Å². The molecule has 1 fully saturated rings. The number of nitrogens with one attached hydrogen (secondary N) is 1. The summed E-state index contributed by atoms with van der Waals surface area (Å²) in [6, 6.07) is 9.96. The fourth-order valence-corrected chi connectivity index (χ4v) is 4.88. The van der Waals surface area contributed by atoms with E-state index in [2.05, 4.69) is 29.2 Å². The number of hydrogen-bond acceptors (Lipinski definition) is 6. The molecule has 1 aromatic carbocycles. The molecule has 2 aromatic heterocycles. The van der Waals surface area contributed by atoms with Crippen LogP contribution in [0.15, 0.2) is 41.7 Å². The molecule has 1 N–H and O–H groups in total. The van der Waals surface area contributed by atoms with Crippen molar-refractivity contribution < 1.29 is 4.79 Å². The van der Waals surface area contributed by atoms with Crippen LogP contribution in [0.4, 0.5) is 5.82 Å². The lowest BCUT2D eigenvalue weighted by Gasteiger charge is -2.18. The predicted molar refractivity (Wildman–Crippen MR) is 130 cm³/mol. The van der Waals surface area contributed by atoms with E-state index in [0.29, 0.717) is 18.3 Å². The van der Waals surface area contributed by atoms with Gasteiger partial charge in [-0.1, -0.05) is 62.9 Å². The van der Waals surface area contributed by atoms with Crippen molar-refractivity contribution in [1.29, 1.82) is 0 Å². The summed E-state index contributed by atoms with van der Waals surface area (Å²) in [5.74, 6) is 0.906. The number of aromatic nitrogens is 4. The second-order valence-corrected chi connectivity index (χ2v) is 10.0. The summed E-state index contributed by atoms with van der Waals surface area (Å²) in [4.78, 5) is 24.8. The third-order valence-corrected chi connectivity index (χ3v) is 6.62. The average Bonchev–Trinajstić information content (AvgIpc) is 3.45. The van der Waals surface area contributed by atoms with Crippen LogP contribution in [0.1, 0.15) is 51.5 Å². The fraction of sp³-hybridized carbons (Fsp3) is 0.500. The highest BCUT2D eigenvalue weighted by atomic mass is 32.2. The Labute approximate surface area is 194 Å².